The number of hydrogen-bond acceptors (Lipinski definition) is 13. The number of aromatic nitrogens is 6. The van der Waals surface area contributed by atoms with E-state index in [1.165, 1.54) is 36.6 Å². The van der Waals surface area contributed by atoms with Gasteiger partial charge in [0.05, 0.1) is 25.2 Å². The monoisotopic (exact) mass is 826 g/mol. The number of nitrogens with one attached hydrogen (secondary N) is 4. The molecule has 5 fully saturated rings. The number of fused-ring (bicyclic) bond motifs is 2. The highest BCUT2D eigenvalue weighted by atomic mass is 35.5. The highest BCUT2D eigenvalue weighted by Gasteiger charge is 2.38. The Morgan fingerprint density at radius 2 is 1.51 bits per heavy atom. The Hall–Kier alpha value is -5.88. The lowest BCUT2D eigenvalue weighted by molar-refractivity contribution is -0.125. The van der Waals surface area contributed by atoms with Gasteiger partial charge in [0.25, 0.3) is 11.8 Å². The lowest BCUT2D eigenvalue weighted by Crippen LogP contribution is -2.39. The fraction of sp³-hybridized carbons (Fsp3) is 0.475. The Balaban J connectivity index is 0.000000164. The summed E-state index contributed by atoms with van der Waals surface area (Å²) < 4.78 is 8.83. The minimum absolute atomic E-state index is 0.00393. The predicted molar refractivity (Wildman–Crippen MR) is 220 cm³/mol. The number of imide groups is 2. The van der Waals surface area contributed by atoms with Crippen molar-refractivity contribution >= 4 is 82.2 Å². The molecule has 4 N–H and O–H groups in total. The Morgan fingerprint density at radius 3 is 2.07 bits per heavy atom. The van der Waals surface area contributed by atoms with Crippen LogP contribution in [0.4, 0.5) is 22.2 Å². The summed E-state index contributed by atoms with van der Waals surface area (Å²) in [6.07, 6.45) is 13.8. The van der Waals surface area contributed by atoms with Crippen LogP contribution >= 0.6 is 11.6 Å². The first kappa shape index (κ1) is 39.9. The third-order valence-electron chi connectivity index (χ3n) is 10.2. The molecule has 2 saturated carbocycles. The van der Waals surface area contributed by atoms with Gasteiger partial charge in [0, 0.05) is 53.0 Å². The molecule has 0 aromatic carbocycles. The molecule has 0 radical (unpaired) electrons. The number of nitrogens with zero attached hydrogens (tertiary/aromatic N) is 8. The van der Waals surface area contributed by atoms with E-state index in [1.807, 2.05) is 6.07 Å². The van der Waals surface area contributed by atoms with Crippen molar-refractivity contribution in [1.29, 1.82) is 0 Å². The lowest BCUT2D eigenvalue weighted by Gasteiger charge is -2.27. The quantitative estimate of drug-likeness (QED) is 0.0719. The molecule has 7 heterocycles. The van der Waals surface area contributed by atoms with Gasteiger partial charge in [0.15, 0.2) is 11.3 Å². The van der Waals surface area contributed by atoms with Crippen LogP contribution in [-0.4, -0.2) is 108 Å². The van der Waals surface area contributed by atoms with Gasteiger partial charge in [-0.1, -0.05) is 11.6 Å². The first-order valence-corrected chi connectivity index (χ1v) is 20.4. The van der Waals surface area contributed by atoms with Gasteiger partial charge in [0.2, 0.25) is 11.8 Å². The normalized spacial score (nSPS) is 19.7. The maximum atomic E-state index is 12.9. The molecule has 0 unspecified atom stereocenters. The number of likely N-dealkylation sites (tertiary alicyclic amines) is 1. The fourth-order valence-electron chi connectivity index (χ4n) is 7.14. The van der Waals surface area contributed by atoms with Gasteiger partial charge in [0.1, 0.15) is 28.2 Å². The molecule has 9 rings (SSSR count). The summed E-state index contributed by atoms with van der Waals surface area (Å²) in [5.41, 5.74) is 2.41. The van der Waals surface area contributed by atoms with Crippen molar-refractivity contribution < 1.29 is 28.7 Å². The van der Waals surface area contributed by atoms with Crippen LogP contribution in [0.1, 0.15) is 89.7 Å². The number of halogens is 1. The Labute approximate surface area is 344 Å². The van der Waals surface area contributed by atoms with E-state index in [4.69, 9.17) is 21.3 Å². The van der Waals surface area contributed by atoms with Crippen LogP contribution in [0.25, 0.3) is 23.4 Å². The molecule has 3 saturated heterocycles. The van der Waals surface area contributed by atoms with Gasteiger partial charge in [-0.15, -0.1) is 0 Å². The van der Waals surface area contributed by atoms with Gasteiger partial charge in [-0.05, 0) is 97.5 Å². The third kappa shape index (κ3) is 9.54. The first-order valence-electron chi connectivity index (χ1n) is 20.1. The summed E-state index contributed by atoms with van der Waals surface area (Å²) in [5, 5.41) is 20.5. The van der Waals surface area contributed by atoms with Crippen LogP contribution in [-0.2, 0) is 23.9 Å². The summed E-state index contributed by atoms with van der Waals surface area (Å²) in [6.45, 7) is 9.79. The van der Waals surface area contributed by atoms with Crippen molar-refractivity contribution in [2.45, 2.75) is 96.2 Å². The average Bonchev–Trinajstić information content (AvgIpc) is 3.91. The number of ether oxygens (including phenoxy) is 1. The van der Waals surface area contributed by atoms with Gasteiger partial charge in [-0.25, -0.2) is 14.8 Å². The summed E-state index contributed by atoms with van der Waals surface area (Å²) >= 11 is 6.24. The molecule has 3 aliphatic heterocycles. The number of amides is 5. The van der Waals surface area contributed by atoms with Crippen molar-refractivity contribution in [3.63, 3.8) is 0 Å². The second-order valence-corrected chi connectivity index (χ2v) is 16.8. The summed E-state index contributed by atoms with van der Waals surface area (Å²) in [4.78, 5) is 72.7. The molecule has 2 aliphatic carbocycles. The molecule has 0 spiro atoms. The minimum Gasteiger partial charge on any atom is -0.443 e. The molecule has 0 bridgehead atoms. The topological polar surface area (TPSA) is 210 Å². The van der Waals surface area contributed by atoms with Gasteiger partial charge in [-0.3, -0.25) is 34.7 Å². The maximum absolute atomic E-state index is 12.9. The third-order valence-corrected chi connectivity index (χ3v) is 10.4. The number of carbonyl (C=O) groups is 5. The molecule has 4 aromatic heterocycles. The molecular weight excluding hydrogens is 780 g/mol. The standard InChI is InChI=1S/C21H27N7O2.C19H20ClN5O4/c29-19-11-14(21(30)26-19)10-15-13-23-28-18(24-16-4-5-16)12-17(25-20(15)28)22-6-3-9-27-7-1-2-8-27;1-19(2,3)29-18(28)24(12-4-5-12)15-8-13(20)22-16-11(9-21-25(15)16)6-10-7-14(26)23-17(10)27/h10,12-13,16,24H,1-9,11H2,(H,22,25)(H,26,29,30);6,8-9,12H,4-5,7H2,1-3H3,(H,23,26,27)/b14-10+;10-6+. The zero-order chi connectivity index (χ0) is 41.4. The smallest absolute Gasteiger partial charge is 0.416 e. The van der Waals surface area contributed by atoms with E-state index >= 15 is 0 Å². The molecule has 19 heteroatoms. The highest BCUT2D eigenvalue weighted by Crippen LogP contribution is 2.35. The molecule has 5 aliphatic rings. The number of carbonyl (C=O) groups excluding carboxylic acids is 5. The van der Waals surface area contributed by atoms with Crippen molar-refractivity contribution in [1.82, 2.24) is 44.7 Å². The number of hydrogen-bond donors (Lipinski definition) is 4. The van der Waals surface area contributed by atoms with Crippen LogP contribution in [0.2, 0.25) is 5.15 Å². The van der Waals surface area contributed by atoms with E-state index in [-0.39, 0.29) is 41.8 Å². The molecule has 0 atom stereocenters. The zero-order valence-electron chi connectivity index (χ0n) is 33.2. The van der Waals surface area contributed by atoms with Crippen LogP contribution in [0.15, 0.2) is 35.7 Å². The van der Waals surface area contributed by atoms with Gasteiger partial charge >= 0.3 is 6.09 Å². The van der Waals surface area contributed by atoms with Crippen molar-refractivity contribution in [3.8, 4) is 0 Å². The van der Waals surface area contributed by atoms with E-state index in [0.29, 0.717) is 39.9 Å². The first-order chi connectivity index (χ1) is 28.3. The van der Waals surface area contributed by atoms with Crippen LogP contribution in [0, 0.1) is 0 Å². The van der Waals surface area contributed by atoms with Crippen molar-refractivity contribution in [2.24, 2.45) is 0 Å². The maximum Gasteiger partial charge on any atom is 0.416 e. The van der Waals surface area contributed by atoms with Crippen LogP contribution in [0.5, 0.6) is 0 Å². The van der Waals surface area contributed by atoms with E-state index in [9.17, 15) is 24.0 Å². The Kier molecular flexibility index (Phi) is 11.1. The predicted octanol–water partition coefficient (Wildman–Crippen LogP) is 4.35. The van der Waals surface area contributed by atoms with E-state index < -0.39 is 17.6 Å². The molecule has 59 heavy (non-hydrogen) atoms. The largest absolute Gasteiger partial charge is 0.443 e. The number of anilines is 3. The van der Waals surface area contributed by atoms with Crippen LogP contribution < -0.4 is 26.2 Å². The van der Waals surface area contributed by atoms with E-state index in [1.54, 1.807) is 54.6 Å². The van der Waals surface area contributed by atoms with E-state index in [2.05, 4.69) is 41.3 Å². The van der Waals surface area contributed by atoms with Crippen molar-refractivity contribution in [3.05, 3.63) is 52.0 Å². The molecule has 5 amide bonds. The SMILES string of the molecule is CC(C)(C)OC(=O)N(c1cc(Cl)nc2c(/C=C3\CC(=O)NC3=O)cnn12)C1CC1.O=C1C/C(=C\c2cnn3c(NC4CC4)cc(NCCCN4CCCC4)nc23)C(=O)N1. The van der Waals surface area contributed by atoms with Gasteiger partial charge in [-0.2, -0.15) is 19.2 Å². The summed E-state index contributed by atoms with van der Waals surface area (Å²) in [7, 11) is 0. The van der Waals surface area contributed by atoms with Gasteiger partial charge < -0.3 is 20.3 Å². The molecule has 18 nitrogen and oxygen atoms in total. The second-order valence-electron chi connectivity index (χ2n) is 16.4. The Morgan fingerprint density at radius 1 is 0.898 bits per heavy atom. The summed E-state index contributed by atoms with van der Waals surface area (Å²) in [5.74, 6) is 0.715. The van der Waals surface area contributed by atoms with Crippen LogP contribution in [0.3, 0.4) is 0 Å². The molecular formula is C40H47ClN12O6. The molecule has 310 valence electrons. The second kappa shape index (κ2) is 16.4. The lowest BCUT2D eigenvalue weighted by atomic mass is 10.1. The van der Waals surface area contributed by atoms with E-state index in [0.717, 1.165) is 62.4 Å². The summed E-state index contributed by atoms with van der Waals surface area (Å²) in [6, 6.07) is 4.03. The minimum atomic E-state index is -0.651. The fourth-order valence-corrected chi connectivity index (χ4v) is 7.31. The van der Waals surface area contributed by atoms with Crippen molar-refractivity contribution in [2.75, 3.05) is 41.7 Å². The average molecular weight is 827 g/mol. The molecule has 4 aromatic rings. The number of rotatable bonds is 11. The highest BCUT2D eigenvalue weighted by molar-refractivity contribution is 6.30. The Bertz CT molecular complexity index is 2400. The zero-order valence-corrected chi connectivity index (χ0v) is 34.0.